The highest BCUT2D eigenvalue weighted by Crippen LogP contribution is 2.39. The normalized spacial score (nSPS) is 14.9. The molecule has 1 aromatic carbocycles. The molecule has 0 radical (unpaired) electrons. The summed E-state index contributed by atoms with van der Waals surface area (Å²) in [4.78, 5) is 4.36. The zero-order chi connectivity index (χ0) is 14.7. The lowest BCUT2D eigenvalue weighted by Crippen LogP contribution is -2.22. The van der Waals surface area contributed by atoms with E-state index in [0.717, 1.165) is 18.7 Å². The Morgan fingerprint density at radius 2 is 2.00 bits per heavy atom. The van der Waals surface area contributed by atoms with Crippen LogP contribution in [0.1, 0.15) is 24.6 Å². The highest BCUT2D eigenvalue weighted by atomic mass is 32.2. The van der Waals surface area contributed by atoms with Gasteiger partial charge in [0.15, 0.2) is 0 Å². The smallest absolute Gasteiger partial charge is 0.234 e. The summed E-state index contributed by atoms with van der Waals surface area (Å²) in [7, 11) is -3.36. The first-order valence-electron chi connectivity index (χ1n) is 6.75. The fourth-order valence-corrected chi connectivity index (χ4v) is 3.48. The maximum absolute atomic E-state index is 11.9. The molecule has 0 aliphatic heterocycles. The molecule has 0 unspecified atom stereocenters. The SMILES string of the molecule is O=S(=O)(CCNc1nc(C2CC2)ns1)Nc1ccccc1. The lowest BCUT2D eigenvalue weighted by atomic mass is 10.3. The van der Waals surface area contributed by atoms with Gasteiger partial charge >= 0.3 is 0 Å². The van der Waals surface area contributed by atoms with Crippen molar-refractivity contribution in [3.63, 3.8) is 0 Å². The molecule has 0 bridgehead atoms. The van der Waals surface area contributed by atoms with Crippen molar-refractivity contribution in [1.82, 2.24) is 9.36 Å². The zero-order valence-corrected chi connectivity index (χ0v) is 13.0. The predicted molar refractivity (Wildman–Crippen MR) is 84.2 cm³/mol. The van der Waals surface area contributed by atoms with Gasteiger partial charge in [0.1, 0.15) is 5.82 Å². The van der Waals surface area contributed by atoms with E-state index in [1.165, 1.54) is 11.5 Å². The van der Waals surface area contributed by atoms with Gasteiger partial charge in [0.2, 0.25) is 15.2 Å². The minimum Gasteiger partial charge on any atom is -0.359 e. The van der Waals surface area contributed by atoms with Crippen molar-refractivity contribution in [3.8, 4) is 0 Å². The quantitative estimate of drug-likeness (QED) is 0.816. The van der Waals surface area contributed by atoms with Crippen LogP contribution in [0.15, 0.2) is 30.3 Å². The number of hydrogen-bond donors (Lipinski definition) is 2. The number of benzene rings is 1. The molecule has 8 heteroatoms. The van der Waals surface area contributed by atoms with Crippen molar-refractivity contribution >= 4 is 32.4 Å². The number of rotatable bonds is 7. The number of sulfonamides is 1. The van der Waals surface area contributed by atoms with Crippen LogP contribution in [-0.2, 0) is 10.0 Å². The van der Waals surface area contributed by atoms with E-state index in [4.69, 9.17) is 0 Å². The van der Waals surface area contributed by atoms with Gasteiger partial charge in [0.25, 0.3) is 0 Å². The van der Waals surface area contributed by atoms with Crippen LogP contribution in [0.2, 0.25) is 0 Å². The van der Waals surface area contributed by atoms with Crippen LogP contribution < -0.4 is 10.0 Å². The van der Waals surface area contributed by atoms with Gasteiger partial charge in [0.05, 0.1) is 5.75 Å². The lowest BCUT2D eigenvalue weighted by molar-refractivity contribution is 0.601. The van der Waals surface area contributed by atoms with E-state index in [1.807, 2.05) is 6.07 Å². The molecular weight excluding hydrogens is 308 g/mol. The molecule has 1 heterocycles. The molecular formula is C13H16N4O2S2. The monoisotopic (exact) mass is 324 g/mol. The van der Waals surface area contributed by atoms with Crippen LogP contribution in [0.3, 0.4) is 0 Å². The maximum atomic E-state index is 11.9. The fraction of sp³-hybridized carbons (Fsp3) is 0.385. The molecule has 21 heavy (non-hydrogen) atoms. The third-order valence-electron chi connectivity index (χ3n) is 3.08. The molecule has 3 rings (SSSR count). The van der Waals surface area contributed by atoms with E-state index < -0.39 is 10.0 Å². The number of anilines is 2. The van der Waals surface area contributed by atoms with E-state index in [1.54, 1.807) is 24.3 Å². The first kappa shape index (κ1) is 14.3. The van der Waals surface area contributed by atoms with Crippen molar-refractivity contribution in [2.75, 3.05) is 22.3 Å². The number of nitrogens with zero attached hydrogens (tertiary/aromatic N) is 2. The number of hydrogen-bond acceptors (Lipinski definition) is 6. The number of para-hydroxylation sites is 1. The second-order valence-electron chi connectivity index (χ2n) is 4.95. The Morgan fingerprint density at radius 1 is 1.24 bits per heavy atom. The van der Waals surface area contributed by atoms with Gasteiger partial charge in [-0.2, -0.15) is 4.37 Å². The van der Waals surface area contributed by atoms with Crippen LogP contribution in [0.25, 0.3) is 0 Å². The van der Waals surface area contributed by atoms with E-state index in [0.29, 0.717) is 23.3 Å². The molecule has 6 nitrogen and oxygen atoms in total. The van der Waals surface area contributed by atoms with Crippen molar-refractivity contribution in [1.29, 1.82) is 0 Å². The molecule has 1 saturated carbocycles. The summed E-state index contributed by atoms with van der Waals surface area (Å²) in [5.41, 5.74) is 0.574. The van der Waals surface area contributed by atoms with Crippen molar-refractivity contribution in [2.45, 2.75) is 18.8 Å². The fourth-order valence-electron chi connectivity index (χ4n) is 1.84. The maximum Gasteiger partial charge on any atom is 0.234 e. The Kier molecular flexibility index (Phi) is 4.07. The molecule has 1 aliphatic rings. The van der Waals surface area contributed by atoms with Crippen LogP contribution >= 0.6 is 11.5 Å². The number of nitrogens with one attached hydrogen (secondary N) is 2. The summed E-state index contributed by atoms with van der Waals surface area (Å²) >= 11 is 1.28. The molecule has 0 saturated heterocycles. The molecule has 2 N–H and O–H groups in total. The van der Waals surface area contributed by atoms with Crippen LogP contribution in [0.5, 0.6) is 0 Å². The topological polar surface area (TPSA) is 84.0 Å². The van der Waals surface area contributed by atoms with Gasteiger partial charge in [-0.3, -0.25) is 4.72 Å². The molecule has 0 spiro atoms. The van der Waals surface area contributed by atoms with Gasteiger partial charge in [0, 0.05) is 29.7 Å². The average Bonchev–Trinajstić information content (AvgIpc) is 3.19. The summed E-state index contributed by atoms with van der Waals surface area (Å²) in [5.74, 6) is 1.38. The highest BCUT2D eigenvalue weighted by molar-refractivity contribution is 7.92. The molecule has 1 aliphatic carbocycles. The van der Waals surface area contributed by atoms with E-state index in [2.05, 4.69) is 19.4 Å². The average molecular weight is 324 g/mol. The molecule has 1 fully saturated rings. The Hall–Kier alpha value is -1.67. The Balaban J connectivity index is 1.49. The minimum atomic E-state index is -3.36. The van der Waals surface area contributed by atoms with Crippen LogP contribution in [-0.4, -0.2) is 30.1 Å². The van der Waals surface area contributed by atoms with Gasteiger partial charge < -0.3 is 5.32 Å². The van der Waals surface area contributed by atoms with Gasteiger partial charge in [-0.15, -0.1) is 0 Å². The van der Waals surface area contributed by atoms with E-state index >= 15 is 0 Å². The third kappa shape index (κ3) is 4.15. The first-order chi connectivity index (χ1) is 10.1. The molecule has 2 aromatic rings. The van der Waals surface area contributed by atoms with E-state index in [-0.39, 0.29) is 5.75 Å². The third-order valence-corrected chi connectivity index (χ3v) is 5.05. The largest absolute Gasteiger partial charge is 0.359 e. The van der Waals surface area contributed by atoms with Crippen molar-refractivity contribution in [3.05, 3.63) is 36.2 Å². The molecule has 1 aromatic heterocycles. The highest BCUT2D eigenvalue weighted by Gasteiger charge is 2.27. The second-order valence-corrected chi connectivity index (χ2v) is 7.54. The lowest BCUT2D eigenvalue weighted by Gasteiger charge is -2.07. The summed E-state index contributed by atoms with van der Waals surface area (Å²) in [6, 6.07) is 8.86. The molecule has 0 amide bonds. The van der Waals surface area contributed by atoms with Crippen LogP contribution in [0, 0.1) is 0 Å². The standard InChI is InChI=1S/C13H16N4O2S2/c18-21(19,17-11-4-2-1-3-5-11)9-8-14-13-15-12(16-20-13)10-6-7-10/h1-5,10,17H,6-9H2,(H,14,15,16). The summed E-state index contributed by atoms with van der Waals surface area (Å²) < 4.78 is 30.7. The Labute approximate surface area is 127 Å². The van der Waals surface area contributed by atoms with Crippen molar-refractivity contribution in [2.24, 2.45) is 0 Å². The Morgan fingerprint density at radius 3 is 2.71 bits per heavy atom. The summed E-state index contributed by atoms with van der Waals surface area (Å²) in [6.45, 7) is 0.307. The summed E-state index contributed by atoms with van der Waals surface area (Å²) in [5, 5.41) is 3.70. The number of aromatic nitrogens is 2. The van der Waals surface area contributed by atoms with Crippen molar-refractivity contribution < 1.29 is 8.42 Å². The van der Waals surface area contributed by atoms with E-state index in [9.17, 15) is 8.42 Å². The summed E-state index contributed by atoms with van der Waals surface area (Å²) in [6.07, 6.45) is 2.32. The van der Waals surface area contributed by atoms with Gasteiger partial charge in [-0.1, -0.05) is 18.2 Å². The second kappa shape index (κ2) is 5.98. The van der Waals surface area contributed by atoms with Crippen LogP contribution in [0.4, 0.5) is 10.8 Å². The predicted octanol–water partition coefficient (Wildman–Crippen LogP) is 2.27. The molecule has 112 valence electrons. The Bertz CT molecular complexity index is 696. The van der Waals surface area contributed by atoms with Gasteiger partial charge in [-0.05, 0) is 25.0 Å². The minimum absolute atomic E-state index is 0.0137. The molecule has 0 atom stereocenters. The zero-order valence-electron chi connectivity index (χ0n) is 11.3. The van der Waals surface area contributed by atoms with Gasteiger partial charge in [-0.25, -0.2) is 13.4 Å². The first-order valence-corrected chi connectivity index (χ1v) is 9.18.